The van der Waals surface area contributed by atoms with E-state index in [1.807, 2.05) is 0 Å². The van der Waals surface area contributed by atoms with Crippen LogP contribution in [-0.2, 0) is 4.79 Å². The number of amidine groups is 1. The zero-order valence-electron chi connectivity index (χ0n) is 9.12. The number of nitrogens with one attached hydrogen (secondary N) is 1. The molecular weight excluding hydrogens is 238 g/mol. The molecule has 0 fully saturated rings. The molecule has 1 aliphatic heterocycles. The topological polar surface area (TPSA) is 74.1 Å². The van der Waals surface area contributed by atoms with Crippen LogP contribution in [0.4, 0.5) is 0 Å². The highest BCUT2D eigenvalue weighted by molar-refractivity contribution is 8.15. The van der Waals surface area contributed by atoms with Crippen molar-refractivity contribution in [1.82, 2.24) is 5.43 Å². The summed E-state index contributed by atoms with van der Waals surface area (Å²) < 4.78 is 0. The average molecular weight is 249 g/mol. The van der Waals surface area contributed by atoms with Crippen molar-refractivity contribution >= 4 is 29.1 Å². The Balaban J connectivity index is 2.06. The van der Waals surface area contributed by atoms with E-state index >= 15 is 0 Å². The average Bonchev–Trinajstić information content (AvgIpc) is 2.33. The van der Waals surface area contributed by atoms with E-state index in [1.54, 1.807) is 37.4 Å². The van der Waals surface area contributed by atoms with Crippen LogP contribution in [0.1, 0.15) is 12.5 Å². The Morgan fingerprint density at radius 3 is 2.82 bits per heavy atom. The smallest absolute Gasteiger partial charge is 0.253 e. The number of carbonyl (C=O) groups is 1. The van der Waals surface area contributed by atoms with Crippen LogP contribution in [0.3, 0.4) is 0 Å². The number of hydrazone groups is 1. The molecule has 5 nitrogen and oxygen atoms in total. The van der Waals surface area contributed by atoms with E-state index in [0.717, 1.165) is 5.56 Å². The zero-order valence-corrected chi connectivity index (χ0v) is 9.94. The Hall–Kier alpha value is -1.82. The van der Waals surface area contributed by atoms with Gasteiger partial charge in [0.15, 0.2) is 0 Å². The number of phenolic OH excluding ortho intramolecular Hbond substituents is 1. The lowest BCUT2D eigenvalue weighted by Crippen LogP contribution is -2.32. The first-order valence-electron chi connectivity index (χ1n) is 5.02. The lowest BCUT2D eigenvalue weighted by atomic mass is 10.2. The summed E-state index contributed by atoms with van der Waals surface area (Å²) in [5.74, 6) is 0.103. The maximum absolute atomic E-state index is 11.1. The third-order valence-corrected chi connectivity index (χ3v) is 3.11. The van der Waals surface area contributed by atoms with E-state index in [9.17, 15) is 4.79 Å². The molecule has 0 bridgehead atoms. The number of carbonyl (C=O) groups excluding carboxylic acids is 1. The number of nitrogens with zero attached hydrogens (tertiary/aromatic N) is 2. The number of rotatable bonds is 1. The summed E-state index contributed by atoms with van der Waals surface area (Å²) in [5, 5.41) is 13.3. The third-order valence-electron chi connectivity index (χ3n) is 2.13. The van der Waals surface area contributed by atoms with Gasteiger partial charge in [0.05, 0.1) is 5.25 Å². The van der Waals surface area contributed by atoms with Gasteiger partial charge in [-0.05, 0) is 36.8 Å². The molecule has 1 aromatic carbocycles. The summed E-state index contributed by atoms with van der Waals surface area (Å²) >= 11 is 1.31. The van der Waals surface area contributed by atoms with E-state index in [-0.39, 0.29) is 16.9 Å². The molecule has 1 aromatic rings. The zero-order chi connectivity index (χ0) is 12.3. The monoisotopic (exact) mass is 249 g/mol. The minimum absolute atomic E-state index is 0.112. The van der Waals surface area contributed by atoms with Crippen LogP contribution < -0.4 is 5.43 Å². The van der Waals surface area contributed by atoms with E-state index in [1.165, 1.54) is 11.8 Å². The van der Waals surface area contributed by atoms with Gasteiger partial charge in [0.25, 0.3) is 5.91 Å². The van der Waals surface area contributed by atoms with Crippen molar-refractivity contribution in [3.05, 3.63) is 29.8 Å². The van der Waals surface area contributed by atoms with Crippen LogP contribution in [0.15, 0.2) is 34.4 Å². The predicted octanol–water partition coefficient (Wildman–Crippen LogP) is 1.33. The number of amides is 1. The first-order chi connectivity index (χ1) is 8.15. The number of aliphatic imine (C=N–C) groups is 1. The van der Waals surface area contributed by atoms with E-state index in [0.29, 0.717) is 5.17 Å². The van der Waals surface area contributed by atoms with Crippen molar-refractivity contribution in [3.8, 4) is 5.75 Å². The molecule has 0 saturated carbocycles. The summed E-state index contributed by atoms with van der Waals surface area (Å²) in [6.07, 6.45) is 1.63. The second kappa shape index (κ2) is 5.01. The Bertz CT molecular complexity index is 482. The van der Waals surface area contributed by atoms with Gasteiger partial charge < -0.3 is 5.11 Å². The molecule has 17 heavy (non-hydrogen) atoms. The highest BCUT2D eigenvalue weighted by Gasteiger charge is 2.20. The first kappa shape index (κ1) is 11.7. The van der Waals surface area contributed by atoms with Crippen LogP contribution in [0, 0.1) is 0 Å². The Labute approximate surface area is 103 Å². The molecule has 0 unspecified atom stereocenters. The normalized spacial score (nSPS) is 20.2. The maximum atomic E-state index is 11.1. The van der Waals surface area contributed by atoms with Gasteiger partial charge in [-0.25, -0.2) is 10.4 Å². The molecule has 2 N–H and O–H groups in total. The first-order valence-corrected chi connectivity index (χ1v) is 5.90. The molecule has 1 amide bonds. The summed E-state index contributed by atoms with van der Waals surface area (Å²) in [7, 11) is 0. The molecule has 0 saturated heterocycles. The molecule has 1 atom stereocenters. The molecule has 1 heterocycles. The lowest BCUT2D eigenvalue weighted by molar-refractivity contribution is -0.120. The summed E-state index contributed by atoms with van der Waals surface area (Å²) in [6.45, 7) is 1.80. The second-order valence-electron chi connectivity index (χ2n) is 3.48. The van der Waals surface area contributed by atoms with Gasteiger partial charge >= 0.3 is 0 Å². The van der Waals surface area contributed by atoms with Crippen LogP contribution in [-0.4, -0.2) is 27.6 Å². The molecule has 0 radical (unpaired) electrons. The van der Waals surface area contributed by atoms with Crippen molar-refractivity contribution in [3.63, 3.8) is 0 Å². The maximum Gasteiger partial charge on any atom is 0.253 e. The van der Waals surface area contributed by atoms with Crippen LogP contribution >= 0.6 is 11.8 Å². The van der Waals surface area contributed by atoms with Gasteiger partial charge in [0, 0.05) is 6.21 Å². The molecule has 0 aliphatic carbocycles. The van der Waals surface area contributed by atoms with Crippen LogP contribution in [0.2, 0.25) is 0 Å². The number of aromatic hydroxyl groups is 1. The van der Waals surface area contributed by atoms with Crippen molar-refractivity contribution < 1.29 is 9.90 Å². The summed E-state index contributed by atoms with van der Waals surface area (Å²) in [5.41, 5.74) is 3.26. The van der Waals surface area contributed by atoms with Crippen LogP contribution in [0.5, 0.6) is 5.75 Å². The van der Waals surface area contributed by atoms with Gasteiger partial charge in [-0.15, -0.1) is 5.10 Å². The van der Waals surface area contributed by atoms with Gasteiger partial charge in [-0.1, -0.05) is 11.8 Å². The molecular formula is C11H11N3O2S. The highest BCUT2D eigenvalue weighted by atomic mass is 32.2. The van der Waals surface area contributed by atoms with Crippen LogP contribution in [0.25, 0.3) is 0 Å². The highest BCUT2D eigenvalue weighted by Crippen LogP contribution is 2.17. The number of hydrogen-bond donors (Lipinski definition) is 2. The van der Waals surface area contributed by atoms with Gasteiger partial charge in [0.1, 0.15) is 5.75 Å². The fourth-order valence-electron chi connectivity index (χ4n) is 1.18. The Morgan fingerprint density at radius 2 is 2.18 bits per heavy atom. The number of benzene rings is 1. The largest absolute Gasteiger partial charge is 0.508 e. The molecule has 0 aromatic heterocycles. The molecule has 0 spiro atoms. The summed E-state index contributed by atoms with van der Waals surface area (Å²) in [4.78, 5) is 15.3. The molecule has 6 heteroatoms. The van der Waals surface area contributed by atoms with Gasteiger partial charge in [0.2, 0.25) is 5.17 Å². The molecule has 2 rings (SSSR count). The minimum Gasteiger partial charge on any atom is -0.508 e. The Morgan fingerprint density at radius 1 is 1.47 bits per heavy atom. The van der Waals surface area contributed by atoms with E-state index in [2.05, 4.69) is 15.5 Å². The third kappa shape index (κ3) is 3.07. The Kier molecular flexibility index (Phi) is 3.43. The van der Waals surface area contributed by atoms with Gasteiger partial charge in [-0.3, -0.25) is 4.79 Å². The predicted molar refractivity (Wildman–Crippen MR) is 68.3 cm³/mol. The second-order valence-corrected chi connectivity index (χ2v) is 4.79. The number of thioether (sulfide) groups is 1. The summed E-state index contributed by atoms with van der Waals surface area (Å²) in [6, 6.07) is 6.66. The number of phenols is 1. The standard InChI is InChI=1S/C11H11N3O2S/c1-7-10(16)13-14-11(17-7)12-6-8-2-4-9(15)5-3-8/h2-7,15H,1H3,(H,13,16)/b12-6+/t7-/m1/s1. The van der Waals surface area contributed by atoms with Gasteiger partial charge in [-0.2, -0.15) is 0 Å². The van der Waals surface area contributed by atoms with E-state index < -0.39 is 0 Å². The van der Waals surface area contributed by atoms with Crippen molar-refractivity contribution in [2.24, 2.45) is 10.1 Å². The SMILES string of the molecule is C[C@H]1SC(/N=C/c2ccc(O)cc2)=NNC1=O. The lowest BCUT2D eigenvalue weighted by Gasteiger charge is -2.13. The number of hydrogen-bond acceptors (Lipinski definition) is 5. The molecule has 88 valence electrons. The fraction of sp³-hybridized carbons (Fsp3) is 0.182. The van der Waals surface area contributed by atoms with Crippen molar-refractivity contribution in [2.75, 3.05) is 0 Å². The molecule has 1 aliphatic rings. The van der Waals surface area contributed by atoms with Crippen molar-refractivity contribution in [2.45, 2.75) is 12.2 Å². The minimum atomic E-state index is -0.181. The van der Waals surface area contributed by atoms with Crippen molar-refractivity contribution in [1.29, 1.82) is 0 Å². The quantitative estimate of drug-likeness (QED) is 0.737. The fourth-order valence-corrected chi connectivity index (χ4v) is 1.87. The van der Waals surface area contributed by atoms with E-state index in [4.69, 9.17) is 5.11 Å².